The van der Waals surface area contributed by atoms with Crippen molar-refractivity contribution in [2.24, 2.45) is 0 Å². The van der Waals surface area contributed by atoms with Crippen LogP contribution >= 0.6 is 11.8 Å². The smallest absolute Gasteiger partial charge is 0.340 e. The maximum Gasteiger partial charge on any atom is 0.340 e. The van der Waals surface area contributed by atoms with Crippen molar-refractivity contribution in [1.82, 2.24) is 0 Å². The van der Waals surface area contributed by atoms with E-state index in [1.165, 1.54) is 23.9 Å². The molecule has 1 aromatic rings. The highest BCUT2D eigenvalue weighted by molar-refractivity contribution is 7.98. The Morgan fingerprint density at radius 1 is 1.46 bits per heavy atom. The zero-order valence-electron chi connectivity index (χ0n) is 12.0. The van der Waals surface area contributed by atoms with E-state index in [-0.39, 0.29) is 4.90 Å². The van der Waals surface area contributed by atoms with Crippen molar-refractivity contribution in [2.45, 2.75) is 22.1 Å². The van der Waals surface area contributed by atoms with Crippen molar-refractivity contribution in [2.75, 3.05) is 18.6 Å². The second-order valence-electron chi connectivity index (χ2n) is 4.30. The van der Waals surface area contributed by atoms with Crippen molar-refractivity contribution < 1.29 is 36.2 Å². The van der Waals surface area contributed by atoms with Crippen molar-refractivity contribution in [3.05, 3.63) is 28.3 Å². The van der Waals surface area contributed by atoms with Crippen molar-refractivity contribution in [3.63, 3.8) is 0 Å². The number of hydrogen-bond acceptors (Lipinski definition) is 6. The summed E-state index contributed by atoms with van der Waals surface area (Å²) >= 11 is 1.20. The number of nitro groups is 1. The zero-order chi connectivity index (χ0) is 18.5. The van der Waals surface area contributed by atoms with Gasteiger partial charge in [-0.15, -0.1) is 11.8 Å². The fourth-order valence-corrected chi connectivity index (χ4v) is 2.90. The van der Waals surface area contributed by atoms with E-state index in [4.69, 9.17) is 0 Å². The van der Waals surface area contributed by atoms with Gasteiger partial charge in [-0.3, -0.25) is 19.1 Å². The first-order valence-electron chi connectivity index (χ1n) is 6.11. The maximum absolute atomic E-state index is 12.6. The maximum atomic E-state index is 12.6. The number of esters is 1. The SMILES string of the molecule is CSc1ccc(S(=O)CC(=O)OCC(F)(F)C(F)F)c([N+](=O)[O-])c1. The third-order valence-corrected chi connectivity index (χ3v) is 4.66. The van der Waals surface area contributed by atoms with Crippen LogP contribution in [0, 0.1) is 10.1 Å². The first-order valence-corrected chi connectivity index (χ1v) is 8.65. The Labute approximate surface area is 140 Å². The highest BCUT2D eigenvalue weighted by Crippen LogP contribution is 2.28. The molecule has 0 amide bonds. The Kier molecular flexibility index (Phi) is 7.14. The number of carbonyl (C=O) groups is 1. The molecule has 0 spiro atoms. The van der Waals surface area contributed by atoms with Crippen LogP contribution in [0.5, 0.6) is 0 Å². The molecule has 0 saturated heterocycles. The van der Waals surface area contributed by atoms with Crippen LogP contribution in [0.15, 0.2) is 28.0 Å². The van der Waals surface area contributed by atoms with E-state index in [9.17, 15) is 36.7 Å². The molecule has 1 atom stereocenters. The van der Waals surface area contributed by atoms with Gasteiger partial charge < -0.3 is 4.74 Å². The Morgan fingerprint density at radius 2 is 2.08 bits per heavy atom. The quantitative estimate of drug-likeness (QED) is 0.223. The lowest BCUT2D eigenvalue weighted by atomic mass is 10.3. The summed E-state index contributed by atoms with van der Waals surface area (Å²) in [6.45, 7) is -1.87. The number of alkyl halides is 4. The molecule has 1 aromatic carbocycles. The number of carbonyl (C=O) groups excluding carboxylic acids is 1. The van der Waals surface area contributed by atoms with Crippen molar-refractivity contribution in [3.8, 4) is 0 Å². The molecular weight excluding hydrogens is 378 g/mol. The minimum absolute atomic E-state index is 0.296. The number of ether oxygens (including phenoxy) is 1. The molecule has 0 aromatic heterocycles. The summed E-state index contributed by atoms with van der Waals surface area (Å²) < 4.78 is 65.1. The third kappa shape index (κ3) is 5.44. The number of thioether (sulfide) groups is 1. The topological polar surface area (TPSA) is 86.5 Å². The van der Waals surface area contributed by atoms with Crippen molar-refractivity contribution in [1.29, 1.82) is 0 Å². The highest BCUT2D eigenvalue weighted by Gasteiger charge is 2.42. The molecule has 134 valence electrons. The summed E-state index contributed by atoms with van der Waals surface area (Å²) in [5.41, 5.74) is -0.508. The molecule has 0 radical (unpaired) electrons. The van der Waals surface area contributed by atoms with Gasteiger partial charge in [-0.25, -0.2) is 8.78 Å². The van der Waals surface area contributed by atoms with Crippen molar-refractivity contribution >= 4 is 34.2 Å². The molecular formula is C12H11F4NO5S2. The van der Waals surface area contributed by atoms with Gasteiger partial charge in [-0.05, 0) is 18.4 Å². The number of benzene rings is 1. The third-order valence-electron chi connectivity index (χ3n) is 2.60. The molecule has 0 aliphatic rings. The molecule has 6 nitrogen and oxygen atoms in total. The van der Waals surface area contributed by atoms with Crippen LogP contribution in [0.3, 0.4) is 0 Å². The minimum atomic E-state index is -4.52. The molecule has 0 aliphatic carbocycles. The predicted octanol–water partition coefficient (Wildman–Crippen LogP) is 2.87. The number of hydrogen-bond donors (Lipinski definition) is 0. The Morgan fingerprint density at radius 3 is 2.58 bits per heavy atom. The number of halogens is 4. The van der Waals surface area contributed by atoms with Gasteiger partial charge >= 0.3 is 18.3 Å². The highest BCUT2D eigenvalue weighted by atomic mass is 32.2. The molecule has 0 fully saturated rings. The van der Waals surface area contributed by atoms with Gasteiger partial charge in [0.1, 0.15) is 10.6 Å². The summed E-state index contributed by atoms with van der Waals surface area (Å²) in [6.07, 6.45) is -2.35. The summed E-state index contributed by atoms with van der Waals surface area (Å²) in [6, 6.07) is 3.75. The van der Waals surface area contributed by atoms with E-state index < -0.39 is 52.1 Å². The van der Waals surface area contributed by atoms with E-state index in [2.05, 4.69) is 4.74 Å². The predicted molar refractivity (Wildman–Crippen MR) is 78.1 cm³/mol. The molecule has 0 aliphatic heterocycles. The average Bonchev–Trinajstić information content (AvgIpc) is 2.52. The van der Waals surface area contributed by atoms with Crippen LogP contribution < -0.4 is 0 Å². The van der Waals surface area contributed by atoms with E-state index in [0.717, 1.165) is 6.07 Å². The average molecular weight is 389 g/mol. The van der Waals surface area contributed by atoms with Crippen LogP contribution in [0.2, 0.25) is 0 Å². The lowest BCUT2D eigenvalue weighted by Crippen LogP contribution is -2.34. The second-order valence-corrected chi connectivity index (χ2v) is 6.60. The number of rotatable bonds is 8. The number of nitrogens with zero attached hydrogens (tertiary/aromatic N) is 1. The molecule has 1 rings (SSSR count). The van der Waals surface area contributed by atoms with Gasteiger partial charge in [-0.1, -0.05) is 0 Å². The van der Waals surface area contributed by atoms with E-state index >= 15 is 0 Å². The largest absolute Gasteiger partial charge is 0.458 e. The van der Waals surface area contributed by atoms with E-state index in [0.29, 0.717) is 4.90 Å². The lowest BCUT2D eigenvalue weighted by Gasteiger charge is -2.14. The first kappa shape index (κ1) is 20.4. The van der Waals surface area contributed by atoms with Gasteiger partial charge in [0.05, 0.1) is 15.7 Å². The van der Waals surface area contributed by atoms with E-state index in [1.54, 1.807) is 6.26 Å². The van der Waals surface area contributed by atoms with Crippen LogP contribution in [0.4, 0.5) is 23.2 Å². The molecule has 1 unspecified atom stereocenters. The van der Waals surface area contributed by atoms with Crippen LogP contribution in [0.1, 0.15) is 0 Å². The lowest BCUT2D eigenvalue weighted by molar-refractivity contribution is -0.388. The minimum Gasteiger partial charge on any atom is -0.458 e. The molecule has 0 heterocycles. The fourth-order valence-electron chi connectivity index (χ4n) is 1.43. The monoisotopic (exact) mass is 389 g/mol. The van der Waals surface area contributed by atoms with Gasteiger partial charge in [0, 0.05) is 11.0 Å². The van der Waals surface area contributed by atoms with Gasteiger partial charge in [0.25, 0.3) is 5.69 Å². The normalized spacial score (nSPS) is 12.9. The van der Waals surface area contributed by atoms with Crippen LogP contribution in [-0.4, -0.2) is 46.1 Å². The summed E-state index contributed by atoms with van der Waals surface area (Å²) in [7, 11) is -2.25. The van der Waals surface area contributed by atoms with Gasteiger partial charge in [0.2, 0.25) is 0 Å². The van der Waals surface area contributed by atoms with Gasteiger partial charge in [-0.2, -0.15) is 8.78 Å². The Bertz CT molecular complexity index is 656. The molecule has 0 bridgehead atoms. The second kappa shape index (κ2) is 8.42. The molecule has 24 heavy (non-hydrogen) atoms. The summed E-state index contributed by atoms with van der Waals surface area (Å²) in [5, 5.41) is 11.0. The van der Waals surface area contributed by atoms with Crippen LogP contribution in [0.25, 0.3) is 0 Å². The van der Waals surface area contributed by atoms with Crippen LogP contribution in [-0.2, 0) is 20.3 Å². The molecule has 0 saturated carbocycles. The van der Waals surface area contributed by atoms with E-state index in [1.807, 2.05) is 0 Å². The fraction of sp³-hybridized carbons (Fsp3) is 0.417. The first-order chi connectivity index (χ1) is 11.1. The standard InChI is InChI=1S/C12H11F4NO5S2/c1-23-7-2-3-9(8(4-7)17(19)20)24(21)5-10(18)22-6-12(15,16)11(13)14/h2-4,11H,5-6H2,1H3. The van der Waals surface area contributed by atoms with Gasteiger partial charge in [0.15, 0.2) is 6.61 Å². The Hall–Kier alpha value is -1.69. The Balaban J connectivity index is 2.81. The molecule has 0 N–H and O–H groups in total. The zero-order valence-corrected chi connectivity index (χ0v) is 13.7. The summed E-state index contributed by atoms with van der Waals surface area (Å²) in [4.78, 5) is 21.7. The number of nitro benzene ring substituents is 1. The summed E-state index contributed by atoms with van der Waals surface area (Å²) in [5.74, 6) is -6.93. The molecule has 12 heteroatoms.